The molecule has 16 heavy (non-hydrogen) atoms. The molecule has 0 bridgehead atoms. The van der Waals surface area contributed by atoms with Gasteiger partial charge in [0, 0.05) is 19.5 Å². The van der Waals surface area contributed by atoms with Crippen molar-refractivity contribution < 1.29 is 4.39 Å². The Kier molecular flexibility index (Phi) is 4.17. The Hall–Kier alpha value is -1.71. The molecular formula is C12H16FN3. The van der Waals surface area contributed by atoms with Crippen LogP contribution in [0.1, 0.15) is 5.82 Å². The summed E-state index contributed by atoms with van der Waals surface area (Å²) in [7, 11) is 4.49. The minimum absolute atomic E-state index is 0.500. The van der Waals surface area contributed by atoms with E-state index < -0.39 is 0 Å². The third kappa shape index (κ3) is 2.45. The van der Waals surface area contributed by atoms with E-state index in [9.17, 15) is 4.39 Å². The zero-order valence-corrected chi connectivity index (χ0v) is 10.0. The summed E-state index contributed by atoms with van der Waals surface area (Å²) in [6, 6.07) is 8.06. The smallest absolute Gasteiger partial charge is 0.139 e. The average Bonchev–Trinajstić information content (AvgIpc) is 2.30. The van der Waals surface area contributed by atoms with Crippen LogP contribution in [0.4, 0.5) is 10.2 Å². The molecule has 0 spiro atoms. The van der Waals surface area contributed by atoms with Crippen molar-refractivity contribution in [1.29, 1.82) is 0 Å². The fraction of sp³-hybridized carbons (Fsp3) is 0.333. The van der Waals surface area contributed by atoms with Crippen molar-refractivity contribution in [3.63, 3.8) is 0 Å². The summed E-state index contributed by atoms with van der Waals surface area (Å²) in [5.74, 6) is 1.79. The van der Waals surface area contributed by atoms with E-state index in [1.807, 2.05) is 50.2 Å². The van der Waals surface area contributed by atoms with E-state index in [0.29, 0.717) is 7.18 Å². The maximum Gasteiger partial charge on any atom is 0.139 e. The number of aromatic nitrogens is 2. The van der Waals surface area contributed by atoms with Crippen LogP contribution >= 0.6 is 0 Å². The number of aryl methyl sites for hydroxylation is 1. The summed E-state index contributed by atoms with van der Waals surface area (Å²) < 4.78 is 9.50. The SMILES string of the molecule is CF.Cc1nc(N(C)C)c2ccccc2n1. The molecule has 0 aliphatic carbocycles. The number of para-hydroxylation sites is 1. The van der Waals surface area contributed by atoms with Crippen molar-refractivity contribution in [2.45, 2.75) is 6.92 Å². The van der Waals surface area contributed by atoms with Crippen molar-refractivity contribution in [2.24, 2.45) is 0 Å². The molecule has 2 aromatic rings. The van der Waals surface area contributed by atoms with Crippen LogP contribution in [0.15, 0.2) is 24.3 Å². The van der Waals surface area contributed by atoms with Crippen molar-refractivity contribution >= 4 is 16.7 Å². The standard InChI is InChI=1S/C11H13N3.CH3F/c1-8-12-10-7-5-4-6-9(10)11(13-8)14(2)3;1-2/h4-7H,1-3H3;1H3. The van der Waals surface area contributed by atoms with E-state index in [1.54, 1.807) is 0 Å². The predicted octanol–water partition coefficient (Wildman–Crippen LogP) is 2.59. The molecule has 1 aromatic carbocycles. The van der Waals surface area contributed by atoms with Gasteiger partial charge in [-0.25, -0.2) is 9.97 Å². The largest absolute Gasteiger partial charge is 0.362 e. The molecule has 0 aliphatic heterocycles. The van der Waals surface area contributed by atoms with Gasteiger partial charge in [0.2, 0.25) is 0 Å². The maximum atomic E-state index is 9.50. The van der Waals surface area contributed by atoms with E-state index in [-0.39, 0.29) is 0 Å². The molecule has 0 amide bonds. The third-order valence-electron chi connectivity index (χ3n) is 2.12. The Morgan fingerprint density at radius 2 is 1.69 bits per heavy atom. The first-order valence-electron chi connectivity index (χ1n) is 4.97. The highest BCUT2D eigenvalue weighted by Crippen LogP contribution is 2.21. The lowest BCUT2D eigenvalue weighted by Crippen LogP contribution is -2.12. The molecule has 0 saturated heterocycles. The van der Waals surface area contributed by atoms with Gasteiger partial charge in [-0.3, -0.25) is 4.39 Å². The van der Waals surface area contributed by atoms with Crippen molar-refractivity contribution in [1.82, 2.24) is 9.97 Å². The first kappa shape index (κ1) is 12.4. The Balaban J connectivity index is 0.000000606. The summed E-state index contributed by atoms with van der Waals surface area (Å²) in [6.45, 7) is 1.92. The molecule has 0 aliphatic rings. The van der Waals surface area contributed by atoms with Gasteiger partial charge in [-0.05, 0) is 19.1 Å². The van der Waals surface area contributed by atoms with Crippen molar-refractivity contribution in [3.8, 4) is 0 Å². The van der Waals surface area contributed by atoms with Gasteiger partial charge in [0.05, 0.1) is 12.7 Å². The van der Waals surface area contributed by atoms with E-state index >= 15 is 0 Å². The summed E-state index contributed by atoms with van der Waals surface area (Å²) >= 11 is 0. The molecule has 0 unspecified atom stereocenters. The number of alkyl halides is 1. The summed E-state index contributed by atoms with van der Waals surface area (Å²) in [5, 5.41) is 1.10. The highest BCUT2D eigenvalue weighted by molar-refractivity contribution is 5.89. The lowest BCUT2D eigenvalue weighted by molar-refractivity contribution is 0.636. The van der Waals surface area contributed by atoms with Crippen LogP contribution in [0.5, 0.6) is 0 Å². The topological polar surface area (TPSA) is 29.0 Å². The van der Waals surface area contributed by atoms with Gasteiger partial charge >= 0.3 is 0 Å². The summed E-state index contributed by atoms with van der Waals surface area (Å²) in [4.78, 5) is 10.8. The number of benzene rings is 1. The molecule has 86 valence electrons. The van der Waals surface area contributed by atoms with Gasteiger partial charge in [-0.1, -0.05) is 12.1 Å². The molecule has 0 saturated carbocycles. The highest BCUT2D eigenvalue weighted by Gasteiger charge is 2.05. The number of rotatable bonds is 1. The van der Waals surface area contributed by atoms with Crippen LogP contribution in [0.2, 0.25) is 0 Å². The molecule has 2 rings (SSSR count). The number of nitrogens with zero attached hydrogens (tertiary/aromatic N) is 3. The molecule has 4 heteroatoms. The minimum atomic E-state index is 0.500. The number of hydrogen-bond donors (Lipinski definition) is 0. The van der Waals surface area contributed by atoms with Gasteiger partial charge < -0.3 is 4.90 Å². The van der Waals surface area contributed by atoms with Gasteiger partial charge in [0.15, 0.2) is 0 Å². The van der Waals surface area contributed by atoms with Gasteiger partial charge in [-0.15, -0.1) is 0 Å². The quantitative estimate of drug-likeness (QED) is 0.741. The normalized spacial score (nSPS) is 9.56. The number of fused-ring (bicyclic) bond motifs is 1. The third-order valence-corrected chi connectivity index (χ3v) is 2.12. The number of halogens is 1. The van der Waals surface area contributed by atoms with Crippen molar-refractivity contribution in [3.05, 3.63) is 30.1 Å². The zero-order chi connectivity index (χ0) is 12.1. The van der Waals surface area contributed by atoms with Crippen LogP contribution in [0.3, 0.4) is 0 Å². The second-order valence-electron chi connectivity index (χ2n) is 3.51. The Labute approximate surface area is 94.9 Å². The van der Waals surface area contributed by atoms with Gasteiger partial charge in [0.25, 0.3) is 0 Å². The van der Waals surface area contributed by atoms with Gasteiger partial charge in [-0.2, -0.15) is 0 Å². The second-order valence-corrected chi connectivity index (χ2v) is 3.51. The Morgan fingerprint density at radius 1 is 1.06 bits per heavy atom. The summed E-state index contributed by atoms with van der Waals surface area (Å²) in [5.41, 5.74) is 1.00. The molecular weight excluding hydrogens is 205 g/mol. The molecule has 0 radical (unpaired) electrons. The average molecular weight is 221 g/mol. The minimum Gasteiger partial charge on any atom is -0.362 e. The van der Waals surface area contributed by atoms with E-state index in [1.165, 1.54) is 0 Å². The first-order valence-corrected chi connectivity index (χ1v) is 4.97. The summed E-state index contributed by atoms with van der Waals surface area (Å²) in [6.07, 6.45) is 0. The predicted molar refractivity (Wildman–Crippen MR) is 65.6 cm³/mol. The molecule has 1 aromatic heterocycles. The Morgan fingerprint density at radius 3 is 2.31 bits per heavy atom. The first-order chi connectivity index (χ1) is 7.68. The maximum absolute atomic E-state index is 9.50. The van der Waals surface area contributed by atoms with E-state index in [4.69, 9.17) is 0 Å². The highest BCUT2D eigenvalue weighted by atomic mass is 19.1. The van der Waals surface area contributed by atoms with E-state index in [0.717, 1.165) is 22.5 Å². The van der Waals surface area contributed by atoms with E-state index in [2.05, 4.69) is 9.97 Å². The van der Waals surface area contributed by atoms with Crippen LogP contribution < -0.4 is 4.90 Å². The van der Waals surface area contributed by atoms with Gasteiger partial charge in [0.1, 0.15) is 11.6 Å². The lowest BCUT2D eigenvalue weighted by Gasteiger charge is -2.14. The zero-order valence-electron chi connectivity index (χ0n) is 10.0. The lowest BCUT2D eigenvalue weighted by atomic mass is 10.2. The van der Waals surface area contributed by atoms with Crippen LogP contribution in [0.25, 0.3) is 10.9 Å². The molecule has 0 fully saturated rings. The Bertz CT molecular complexity index is 469. The monoisotopic (exact) mass is 221 g/mol. The fourth-order valence-corrected chi connectivity index (χ4v) is 1.51. The number of anilines is 1. The molecule has 3 nitrogen and oxygen atoms in total. The molecule has 1 heterocycles. The van der Waals surface area contributed by atoms with Crippen LogP contribution in [0, 0.1) is 6.92 Å². The second kappa shape index (κ2) is 5.39. The van der Waals surface area contributed by atoms with Crippen LogP contribution in [-0.2, 0) is 0 Å². The molecule has 0 atom stereocenters. The molecule has 0 N–H and O–H groups in total. The number of hydrogen-bond acceptors (Lipinski definition) is 3. The van der Waals surface area contributed by atoms with Crippen LogP contribution in [-0.4, -0.2) is 31.2 Å². The van der Waals surface area contributed by atoms with Crippen molar-refractivity contribution in [2.75, 3.05) is 26.2 Å². The fourth-order valence-electron chi connectivity index (χ4n) is 1.51.